The summed E-state index contributed by atoms with van der Waals surface area (Å²) in [5.41, 5.74) is 1.42. The number of rotatable bonds is 5. The SMILES string of the molecule is COc1cc(/C=C2\C(=O)OC[C@@H]2[C@@H](O)c2ccc(O)c(OC)c2)ccc1O. The van der Waals surface area contributed by atoms with E-state index in [9.17, 15) is 20.1 Å². The molecule has 2 aromatic carbocycles. The van der Waals surface area contributed by atoms with Gasteiger partial charge in [0, 0.05) is 5.57 Å². The monoisotopic (exact) mass is 372 g/mol. The first-order chi connectivity index (χ1) is 12.9. The lowest BCUT2D eigenvalue weighted by atomic mass is 9.89. The van der Waals surface area contributed by atoms with Crippen molar-refractivity contribution in [1.82, 2.24) is 0 Å². The van der Waals surface area contributed by atoms with Crippen LogP contribution in [-0.4, -0.2) is 42.1 Å². The summed E-state index contributed by atoms with van der Waals surface area (Å²) < 4.78 is 15.3. The molecule has 1 fully saturated rings. The second kappa shape index (κ2) is 7.59. The Balaban J connectivity index is 1.94. The van der Waals surface area contributed by atoms with E-state index in [4.69, 9.17) is 14.2 Å². The van der Waals surface area contributed by atoms with Gasteiger partial charge in [-0.1, -0.05) is 12.1 Å². The van der Waals surface area contributed by atoms with Gasteiger partial charge >= 0.3 is 5.97 Å². The standard InChI is InChI=1S/C20H20O7/c1-25-17-8-11(3-5-15(17)21)7-13-14(10-27-20(13)24)19(23)12-4-6-16(22)18(9-12)26-2/h3-9,14,19,21-23H,10H2,1-2H3/b13-7-/t14-,19-/m0/s1. The largest absolute Gasteiger partial charge is 0.504 e. The van der Waals surface area contributed by atoms with E-state index < -0.39 is 18.0 Å². The van der Waals surface area contributed by atoms with Gasteiger partial charge in [-0.15, -0.1) is 0 Å². The molecule has 3 N–H and O–H groups in total. The molecule has 7 heteroatoms. The van der Waals surface area contributed by atoms with Crippen LogP contribution in [0.4, 0.5) is 0 Å². The molecule has 2 aromatic rings. The molecule has 0 aliphatic carbocycles. The Labute approximate surface area is 156 Å². The van der Waals surface area contributed by atoms with Crippen molar-refractivity contribution in [2.75, 3.05) is 20.8 Å². The molecule has 0 amide bonds. The molecule has 0 radical (unpaired) electrons. The molecule has 0 saturated carbocycles. The number of hydrogen-bond acceptors (Lipinski definition) is 7. The summed E-state index contributed by atoms with van der Waals surface area (Å²) in [4.78, 5) is 12.2. The number of cyclic esters (lactones) is 1. The summed E-state index contributed by atoms with van der Waals surface area (Å²) >= 11 is 0. The average Bonchev–Trinajstić information content (AvgIpc) is 3.03. The van der Waals surface area contributed by atoms with Crippen molar-refractivity contribution in [3.63, 3.8) is 0 Å². The molecule has 1 aliphatic heterocycles. The van der Waals surface area contributed by atoms with Gasteiger partial charge in [0.2, 0.25) is 0 Å². The molecule has 0 spiro atoms. The summed E-state index contributed by atoms with van der Waals surface area (Å²) in [5, 5.41) is 30.2. The van der Waals surface area contributed by atoms with Gasteiger partial charge in [0.25, 0.3) is 0 Å². The van der Waals surface area contributed by atoms with Crippen molar-refractivity contribution < 1.29 is 34.3 Å². The first-order valence-electron chi connectivity index (χ1n) is 8.25. The summed E-state index contributed by atoms with van der Waals surface area (Å²) in [5.74, 6) is -0.661. The van der Waals surface area contributed by atoms with Crippen LogP contribution in [0.15, 0.2) is 42.0 Å². The minimum Gasteiger partial charge on any atom is -0.504 e. The first kappa shape index (κ1) is 18.6. The van der Waals surface area contributed by atoms with Crippen LogP contribution < -0.4 is 9.47 Å². The van der Waals surface area contributed by atoms with E-state index in [1.165, 1.54) is 32.4 Å². The van der Waals surface area contributed by atoms with E-state index in [1.54, 1.807) is 24.3 Å². The number of ether oxygens (including phenoxy) is 3. The van der Waals surface area contributed by atoms with Crippen molar-refractivity contribution in [3.05, 3.63) is 53.1 Å². The maximum atomic E-state index is 12.2. The number of aliphatic hydroxyl groups is 1. The predicted molar refractivity (Wildman–Crippen MR) is 96.7 cm³/mol. The fourth-order valence-electron chi connectivity index (χ4n) is 2.99. The van der Waals surface area contributed by atoms with Gasteiger partial charge in [-0.05, 0) is 41.5 Å². The van der Waals surface area contributed by atoms with E-state index >= 15 is 0 Å². The number of methoxy groups -OCH3 is 2. The van der Waals surface area contributed by atoms with Crippen LogP contribution in [0.5, 0.6) is 23.0 Å². The molecule has 7 nitrogen and oxygen atoms in total. The molecule has 27 heavy (non-hydrogen) atoms. The number of hydrogen-bond donors (Lipinski definition) is 3. The Morgan fingerprint density at radius 1 is 1.07 bits per heavy atom. The Morgan fingerprint density at radius 3 is 2.37 bits per heavy atom. The highest BCUT2D eigenvalue weighted by Gasteiger charge is 2.36. The Kier molecular flexibility index (Phi) is 5.23. The van der Waals surface area contributed by atoms with E-state index in [-0.39, 0.29) is 29.6 Å². The van der Waals surface area contributed by atoms with Crippen molar-refractivity contribution >= 4 is 12.0 Å². The molecular weight excluding hydrogens is 352 g/mol. The fourth-order valence-corrected chi connectivity index (χ4v) is 2.99. The Hall–Kier alpha value is -3.19. The van der Waals surface area contributed by atoms with Crippen LogP contribution in [0.1, 0.15) is 17.2 Å². The molecular formula is C20H20O7. The number of phenols is 2. The van der Waals surface area contributed by atoms with Crippen LogP contribution in [0.3, 0.4) is 0 Å². The van der Waals surface area contributed by atoms with Gasteiger partial charge in [-0.2, -0.15) is 0 Å². The molecule has 0 aromatic heterocycles. The maximum Gasteiger partial charge on any atom is 0.334 e. The van der Waals surface area contributed by atoms with Gasteiger partial charge in [0.1, 0.15) is 6.61 Å². The van der Waals surface area contributed by atoms with Crippen LogP contribution in [-0.2, 0) is 9.53 Å². The lowest BCUT2D eigenvalue weighted by Gasteiger charge is -2.18. The lowest BCUT2D eigenvalue weighted by molar-refractivity contribution is -0.135. The number of esters is 1. The summed E-state index contributed by atoms with van der Waals surface area (Å²) in [6.45, 7) is 0.0320. The highest BCUT2D eigenvalue weighted by molar-refractivity contribution is 5.96. The topological polar surface area (TPSA) is 105 Å². The second-order valence-corrected chi connectivity index (χ2v) is 6.11. The van der Waals surface area contributed by atoms with E-state index in [2.05, 4.69) is 0 Å². The molecule has 2 atom stereocenters. The smallest absolute Gasteiger partial charge is 0.334 e. The molecule has 0 bridgehead atoms. The number of carbonyl (C=O) groups is 1. The highest BCUT2D eigenvalue weighted by atomic mass is 16.5. The van der Waals surface area contributed by atoms with Crippen molar-refractivity contribution in [1.29, 1.82) is 0 Å². The first-order valence-corrected chi connectivity index (χ1v) is 8.25. The molecule has 0 unspecified atom stereocenters. The van der Waals surface area contributed by atoms with Crippen LogP contribution >= 0.6 is 0 Å². The molecule has 3 rings (SSSR count). The van der Waals surface area contributed by atoms with Crippen LogP contribution in [0.2, 0.25) is 0 Å². The number of carbonyl (C=O) groups excluding carboxylic acids is 1. The van der Waals surface area contributed by atoms with Crippen LogP contribution in [0.25, 0.3) is 6.08 Å². The normalized spacial score (nSPS) is 19.0. The van der Waals surface area contributed by atoms with Crippen molar-refractivity contribution in [2.24, 2.45) is 5.92 Å². The van der Waals surface area contributed by atoms with Gasteiger partial charge in [-0.3, -0.25) is 0 Å². The minimum absolute atomic E-state index is 0.0126. The summed E-state index contributed by atoms with van der Waals surface area (Å²) in [7, 11) is 2.84. The van der Waals surface area contributed by atoms with Crippen molar-refractivity contribution in [2.45, 2.75) is 6.10 Å². The maximum absolute atomic E-state index is 12.2. The molecule has 1 heterocycles. The summed E-state index contributed by atoms with van der Waals surface area (Å²) in [6.07, 6.45) is 0.569. The zero-order chi connectivity index (χ0) is 19.6. The predicted octanol–water partition coefficient (Wildman–Crippen LogP) is 2.41. The van der Waals surface area contributed by atoms with Gasteiger partial charge < -0.3 is 29.5 Å². The Bertz CT molecular complexity index is 888. The van der Waals surface area contributed by atoms with Gasteiger partial charge in [0.15, 0.2) is 23.0 Å². The molecule has 142 valence electrons. The second-order valence-electron chi connectivity index (χ2n) is 6.11. The Morgan fingerprint density at radius 2 is 1.70 bits per heavy atom. The zero-order valence-corrected chi connectivity index (χ0v) is 14.9. The third kappa shape index (κ3) is 3.68. The quantitative estimate of drug-likeness (QED) is 0.547. The zero-order valence-electron chi connectivity index (χ0n) is 14.9. The molecule has 1 aliphatic rings. The van der Waals surface area contributed by atoms with E-state index in [0.717, 1.165) is 0 Å². The average molecular weight is 372 g/mol. The van der Waals surface area contributed by atoms with Gasteiger partial charge in [-0.25, -0.2) is 4.79 Å². The minimum atomic E-state index is -1.03. The van der Waals surface area contributed by atoms with E-state index in [1.807, 2.05) is 0 Å². The third-order valence-corrected chi connectivity index (χ3v) is 4.48. The number of aliphatic hydroxyl groups excluding tert-OH is 1. The van der Waals surface area contributed by atoms with Crippen molar-refractivity contribution in [3.8, 4) is 23.0 Å². The number of aromatic hydroxyl groups is 2. The number of benzene rings is 2. The highest BCUT2D eigenvalue weighted by Crippen LogP contribution is 2.38. The summed E-state index contributed by atoms with van der Waals surface area (Å²) in [6, 6.07) is 9.17. The third-order valence-electron chi connectivity index (χ3n) is 4.48. The number of phenolic OH excluding ortho intramolecular Hbond substituents is 2. The van der Waals surface area contributed by atoms with Gasteiger partial charge in [0.05, 0.1) is 26.2 Å². The molecule has 1 saturated heterocycles. The fraction of sp³-hybridized carbons (Fsp3) is 0.250. The van der Waals surface area contributed by atoms with Crippen LogP contribution in [0, 0.1) is 5.92 Å². The van der Waals surface area contributed by atoms with E-state index in [0.29, 0.717) is 16.7 Å². The lowest BCUT2D eigenvalue weighted by Crippen LogP contribution is -2.15.